The molecule has 2 aromatic rings. The molecule has 31 heavy (non-hydrogen) atoms. The molecule has 1 N–H and O–H groups in total. The van der Waals surface area contributed by atoms with E-state index in [1.165, 1.54) is 6.42 Å². The predicted molar refractivity (Wildman–Crippen MR) is 114 cm³/mol. The van der Waals surface area contributed by atoms with Crippen LogP contribution < -0.4 is 5.32 Å². The molecule has 0 saturated carbocycles. The first-order chi connectivity index (χ1) is 15.1. The molecule has 1 fully saturated rings. The van der Waals surface area contributed by atoms with Gasteiger partial charge in [-0.2, -0.15) is 0 Å². The number of allylic oxidation sites excluding steroid dienone is 2. The number of nitrogens with one attached hydrogen (secondary N) is 1. The van der Waals surface area contributed by atoms with E-state index in [9.17, 15) is 14.4 Å². The summed E-state index contributed by atoms with van der Waals surface area (Å²) < 4.78 is 2.18. The van der Waals surface area contributed by atoms with Crippen molar-refractivity contribution in [3.8, 4) is 11.4 Å². The normalized spacial score (nSPS) is 22.8. The van der Waals surface area contributed by atoms with E-state index in [0.717, 1.165) is 47.9 Å². The van der Waals surface area contributed by atoms with Gasteiger partial charge in [0, 0.05) is 24.2 Å². The first-order valence-electron chi connectivity index (χ1n) is 10.9. The minimum Gasteiger partial charge on any atom is -0.325 e. The topological polar surface area (TPSA) is 97.2 Å². The molecule has 0 radical (unpaired) electrons. The molecule has 3 heterocycles. The van der Waals surface area contributed by atoms with Crippen LogP contribution in [0, 0.1) is 11.8 Å². The van der Waals surface area contributed by atoms with Gasteiger partial charge in [-0.05, 0) is 49.9 Å². The maximum Gasteiger partial charge on any atom is 0.244 e. The zero-order chi connectivity index (χ0) is 21.4. The summed E-state index contributed by atoms with van der Waals surface area (Å²) in [7, 11) is 0. The molecule has 1 saturated heterocycles. The molecule has 2 atom stereocenters. The molecule has 0 bridgehead atoms. The molecule has 3 amide bonds. The van der Waals surface area contributed by atoms with Crippen LogP contribution in [-0.4, -0.2) is 43.9 Å². The fraction of sp³-hybridized carbons (Fsp3) is 0.435. The lowest BCUT2D eigenvalue weighted by Crippen LogP contribution is -2.38. The monoisotopic (exact) mass is 419 g/mol. The Morgan fingerprint density at radius 2 is 1.68 bits per heavy atom. The minimum absolute atomic E-state index is 0.239. The van der Waals surface area contributed by atoms with Gasteiger partial charge in [-0.3, -0.25) is 19.3 Å². The van der Waals surface area contributed by atoms with Crippen molar-refractivity contribution in [2.75, 3.05) is 11.9 Å². The summed E-state index contributed by atoms with van der Waals surface area (Å²) in [6.07, 6.45) is 9.43. The van der Waals surface area contributed by atoms with Crippen molar-refractivity contribution >= 4 is 23.4 Å². The van der Waals surface area contributed by atoms with Gasteiger partial charge in [-0.15, -0.1) is 10.2 Å². The number of rotatable bonds is 4. The highest BCUT2D eigenvalue weighted by Gasteiger charge is 2.47. The maximum absolute atomic E-state index is 12.5. The van der Waals surface area contributed by atoms with Gasteiger partial charge >= 0.3 is 0 Å². The molecule has 1 aromatic carbocycles. The molecule has 0 unspecified atom stereocenters. The van der Waals surface area contributed by atoms with Gasteiger partial charge in [0.1, 0.15) is 12.4 Å². The lowest BCUT2D eigenvalue weighted by molar-refractivity contribution is -0.142. The third kappa shape index (κ3) is 3.66. The van der Waals surface area contributed by atoms with Crippen LogP contribution in [0.15, 0.2) is 36.4 Å². The molecule has 160 valence electrons. The van der Waals surface area contributed by atoms with E-state index in [-0.39, 0.29) is 36.1 Å². The van der Waals surface area contributed by atoms with Crippen LogP contribution in [0.4, 0.5) is 5.69 Å². The highest BCUT2D eigenvalue weighted by atomic mass is 16.2. The molecule has 8 heteroatoms. The second kappa shape index (κ2) is 8.09. The number of nitrogens with zero attached hydrogens (tertiary/aromatic N) is 4. The van der Waals surface area contributed by atoms with Crippen molar-refractivity contribution in [2.24, 2.45) is 11.8 Å². The SMILES string of the molecule is O=C(CN1C(=O)[C@@H]2CC=CC[C@H]2C1=O)Nc1ccc(-c2nnc3n2CCCCC3)cc1. The Balaban J connectivity index is 1.24. The zero-order valence-corrected chi connectivity index (χ0v) is 17.3. The zero-order valence-electron chi connectivity index (χ0n) is 17.3. The van der Waals surface area contributed by atoms with Gasteiger partial charge in [0.25, 0.3) is 0 Å². The summed E-state index contributed by atoms with van der Waals surface area (Å²) in [6.45, 7) is 0.676. The quantitative estimate of drug-likeness (QED) is 0.607. The number of carbonyl (C=O) groups is 3. The van der Waals surface area contributed by atoms with Crippen LogP contribution in [0.1, 0.15) is 37.9 Å². The Labute approximate surface area is 180 Å². The van der Waals surface area contributed by atoms with Gasteiger partial charge in [-0.1, -0.05) is 18.6 Å². The van der Waals surface area contributed by atoms with Crippen molar-refractivity contribution in [1.29, 1.82) is 0 Å². The Bertz CT molecular complexity index is 1030. The van der Waals surface area contributed by atoms with Crippen LogP contribution in [0.2, 0.25) is 0 Å². The van der Waals surface area contributed by atoms with Gasteiger partial charge in [0.05, 0.1) is 11.8 Å². The van der Waals surface area contributed by atoms with Gasteiger partial charge < -0.3 is 9.88 Å². The number of fused-ring (bicyclic) bond motifs is 2. The lowest BCUT2D eigenvalue weighted by Gasteiger charge is -2.14. The second-order valence-corrected chi connectivity index (χ2v) is 8.45. The third-order valence-corrected chi connectivity index (χ3v) is 6.44. The number of imide groups is 1. The number of aromatic nitrogens is 3. The van der Waals surface area contributed by atoms with E-state index in [0.29, 0.717) is 18.5 Å². The summed E-state index contributed by atoms with van der Waals surface area (Å²) in [4.78, 5) is 38.7. The van der Waals surface area contributed by atoms with E-state index in [4.69, 9.17) is 0 Å². The molecular formula is C23H25N5O3. The number of likely N-dealkylation sites (tertiary alicyclic amines) is 1. The predicted octanol–water partition coefficient (Wildman–Crippen LogP) is 2.56. The first kappa shape index (κ1) is 19.7. The maximum atomic E-state index is 12.5. The Morgan fingerprint density at radius 1 is 0.968 bits per heavy atom. The number of anilines is 1. The van der Waals surface area contributed by atoms with Crippen LogP contribution in [0.3, 0.4) is 0 Å². The minimum atomic E-state index is -0.377. The second-order valence-electron chi connectivity index (χ2n) is 8.45. The summed E-state index contributed by atoms with van der Waals surface area (Å²) in [6, 6.07) is 7.43. The third-order valence-electron chi connectivity index (χ3n) is 6.44. The van der Waals surface area contributed by atoms with Crippen molar-refractivity contribution < 1.29 is 14.4 Å². The average molecular weight is 419 g/mol. The van der Waals surface area contributed by atoms with Crippen LogP contribution >= 0.6 is 0 Å². The van der Waals surface area contributed by atoms with Gasteiger partial charge in [-0.25, -0.2) is 0 Å². The fourth-order valence-electron chi connectivity index (χ4n) is 4.77. The first-order valence-corrected chi connectivity index (χ1v) is 10.9. The molecule has 0 spiro atoms. The van der Waals surface area contributed by atoms with E-state index in [2.05, 4.69) is 20.1 Å². The van der Waals surface area contributed by atoms with Crippen molar-refractivity contribution in [2.45, 2.75) is 45.1 Å². The van der Waals surface area contributed by atoms with Gasteiger partial charge in [0.15, 0.2) is 5.82 Å². The lowest BCUT2D eigenvalue weighted by atomic mass is 9.85. The largest absolute Gasteiger partial charge is 0.325 e. The number of hydrogen-bond acceptors (Lipinski definition) is 5. The Kier molecular flexibility index (Phi) is 5.13. The summed E-state index contributed by atoms with van der Waals surface area (Å²) in [5.74, 6) is 0.387. The molecule has 8 nitrogen and oxygen atoms in total. The van der Waals surface area contributed by atoms with Crippen molar-refractivity contribution in [3.05, 3.63) is 42.2 Å². The molecule has 5 rings (SSSR count). The van der Waals surface area contributed by atoms with Crippen LogP contribution in [-0.2, 0) is 27.3 Å². The number of carbonyl (C=O) groups excluding carboxylic acids is 3. The van der Waals surface area contributed by atoms with E-state index >= 15 is 0 Å². The molecule has 1 aromatic heterocycles. The van der Waals surface area contributed by atoms with Gasteiger partial charge in [0.2, 0.25) is 17.7 Å². The average Bonchev–Trinajstić information content (AvgIpc) is 3.18. The Morgan fingerprint density at radius 3 is 2.39 bits per heavy atom. The van der Waals surface area contributed by atoms with Crippen LogP contribution in [0.5, 0.6) is 0 Å². The molecule has 3 aliphatic rings. The van der Waals surface area contributed by atoms with Crippen LogP contribution in [0.25, 0.3) is 11.4 Å². The fourth-order valence-corrected chi connectivity index (χ4v) is 4.77. The van der Waals surface area contributed by atoms with Crippen molar-refractivity contribution in [3.63, 3.8) is 0 Å². The summed E-state index contributed by atoms with van der Waals surface area (Å²) >= 11 is 0. The highest BCUT2D eigenvalue weighted by Crippen LogP contribution is 2.35. The number of amides is 3. The number of hydrogen-bond donors (Lipinski definition) is 1. The van der Waals surface area contributed by atoms with Crippen molar-refractivity contribution in [1.82, 2.24) is 19.7 Å². The Hall–Kier alpha value is -3.29. The summed E-state index contributed by atoms with van der Waals surface area (Å²) in [5.41, 5.74) is 1.56. The standard InChI is InChI=1S/C23H25N5O3/c29-20(14-28-22(30)17-6-3-4-7-18(17)23(28)31)24-16-11-9-15(10-12-16)21-26-25-19-8-2-1-5-13-27(19)21/h3-4,9-12,17-18H,1-2,5-8,13-14H2,(H,24,29)/t17-,18-/m1/s1. The number of aryl methyl sites for hydroxylation is 1. The number of benzene rings is 1. The molecule has 1 aliphatic carbocycles. The summed E-state index contributed by atoms with van der Waals surface area (Å²) in [5, 5.41) is 11.5. The van der Waals surface area contributed by atoms with E-state index in [1.807, 2.05) is 36.4 Å². The molecule has 2 aliphatic heterocycles. The smallest absolute Gasteiger partial charge is 0.244 e. The van der Waals surface area contributed by atoms with E-state index in [1.54, 1.807) is 0 Å². The molecular weight excluding hydrogens is 394 g/mol. The highest BCUT2D eigenvalue weighted by molar-refractivity contribution is 6.08. The van der Waals surface area contributed by atoms with E-state index < -0.39 is 0 Å².